The van der Waals surface area contributed by atoms with Crippen molar-refractivity contribution in [2.75, 3.05) is 11.6 Å². The molecule has 0 aliphatic heterocycles. The van der Waals surface area contributed by atoms with E-state index in [1.807, 2.05) is 0 Å². The largest absolute Gasteiger partial charge is 0.229 e. The van der Waals surface area contributed by atoms with E-state index in [1.54, 1.807) is 29.4 Å². The molecule has 0 fully saturated rings. The average Bonchev–Trinajstić information content (AvgIpc) is 2.53. The molecule has 0 aliphatic carbocycles. The van der Waals surface area contributed by atoms with Crippen molar-refractivity contribution in [3.05, 3.63) is 16.8 Å². The predicted molar refractivity (Wildman–Crippen MR) is 68.3 cm³/mol. The molecule has 2 aromatic rings. The van der Waals surface area contributed by atoms with Crippen molar-refractivity contribution in [3.63, 3.8) is 0 Å². The van der Waals surface area contributed by atoms with Crippen molar-refractivity contribution in [2.45, 2.75) is 18.9 Å². The second kappa shape index (κ2) is 4.68. The highest BCUT2D eigenvalue weighted by molar-refractivity contribution is 7.99. The third-order valence-corrected chi connectivity index (χ3v) is 4.77. The zero-order chi connectivity index (χ0) is 10.8. The first-order chi connectivity index (χ1) is 7.24. The summed E-state index contributed by atoms with van der Waals surface area (Å²) in [5, 5.41) is 2.26. The summed E-state index contributed by atoms with van der Waals surface area (Å²) in [6.07, 6.45) is 1.63. The van der Waals surface area contributed by atoms with Gasteiger partial charge < -0.3 is 0 Å². The van der Waals surface area contributed by atoms with Gasteiger partial charge in [0.1, 0.15) is 16.2 Å². The Hall–Kier alpha value is -0.320. The normalized spacial score (nSPS) is 11.1. The SMILES string of the molecule is Cc1sc2ncnc(SCCCl)c2c1C. The van der Waals surface area contributed by atoms with Gasteiger partial charge in [0.05, 0.1) is 0 Å². The van der Waals surface area contributed by atoms with Crippen LogP contribution in [0.3, 0.4) is 0 Å². The maximum atomic E-state index is 5.69. The Morgan fingerprint density at radius 3 is 2.93 bits per heavy atom. The number of nitrogens with zero attached hydrogens (tertiary/aromatic N) is 2. The summed E-state index contributed by atoms with van der Waals surface area (Å²) in [5.74, 6) is 1.54. The minimum atomic E-state index is 0.651. The molecule has 0 saturated carbocycles. The number of rotatable bonds is 3. The molecular weight excluding hydrogens is 248 g/mol. The lowest BCUT2D eigenvalue weighted by Gasteiger charge is -2.00. The van der Waals surface area contributed by atoms with Gasteiger partial charge >= 0.3 is 0 Å². The van der Waals surface area contributed by atoms with E-state index in [0.29, 0.717) is 5.88 Å². The smallest absolute Gasteiger partial charge is 0.128 e. The van der Waals surface area contributed by atoms with Gasteiger partial charge in [0.25, 0.3) is 0 Å². The number of hydrogen-bond donors (Lipinski definition) is 0. The van der Waals surface area contributed by atoms with Gasteiger partial charge in [0.2, 0.25) is 0 Å². The molecule has 2 aromatic heterocycles. The lowest BCUT2D eigenvalue weighted by Crippen LogP contribution is -1.87. The number of fused-ring (bicyclic) bond motifs is 1. The maximum Gasteiger partial charge on any atom is 0.128 e. The minimum absolute atomic E-state index is 0.651. The van der Waals surface area contributed by atoms with Crippen molar-refractivity contribution in [1.29, 1.82) is 0 Å². The second-order valence-corrected chi connectivity index (χ2v) is 5.84. The maximum absolute atomic E-state index is 5.69. The van der Waals surface area contributed by atoms with Crippen LogP contribution in [-0.2, 0) is 0 Å². The van der Waals surface area contributed by atoms with Crippen LogP contribution < -0.4 is 0 Å². The van der Waals surface area contributed by atoms with Crippen LogP contribution >= 0.6 is 34.7 Å². The first kappa shape index (κ1) is 11.2. The number of aryl methyl sites for hydroxylation is 2. The lowest BCUT2D eigenvalue weighted by molar-refractivity contribution is 1.10. The van der Waals surface area contributed by atoms with Gasteiger partial charge in [-0.05, 0) is 19.4 Å². The van der Waals surface area contributed by atoms with Crippen LogP contribution in [0.1, 0.15) is 10.4 Å². The quantitative estimate of drug-likeness (QED) is 0.478. The lowest BCUT2D eigenvalue weighted by atomic mass is 10.2. The number of thioether (sulfide) groups is 1. The topological polar surface area (TPSA) is 25.8 Å². The van der Waals surface area contributed by atoms with Crippen LogP contribution in [0.5, 0.6) is 0 Å². The zero-order valence-electron chi connectivity index (χ0n) is 8.58. The molecule has 0 radical (unpaired) electrons. The Morgan fingerprint density at radius 2 is 2.20 bits per heavy atom. The molecule has 0 saturated heterocycles. The summed E-state index contributed by atoms with van der Waals surface area (Å²) < 4.78 is 0. The molecule has 0 bridgehead atoms. The highest BCUT2D eigenvalue weighted by atomic mass is 35.5. The molecule has 0 spiro atoms. The summed E-state index contributed by atoms with van der Waals surface area (Å²) in [5.41, 5.74) is 1.30. The first-order valence-corrected chi connectivity index (χ1v) is 6.97. The van der Waals surface area contributed by atoms with E-state index in [1.165, 1.54) is 15.8 Å². The van der Waals surface area contributed by atoms with Gasteiger partial charge in [-0.15, -0.1) is 34.7 Å². The highest BCUT2D eigenvalue weighted by Crippen LogP contribution is 2.34. The number of thiophene rings is 1. The summed E-state index contributed by atoms with van der Waals surface area (Å²) in [4.78, 5) is 11.0. The average molecular weight is 259 g/mol. The van der Waals surface area contributed by atoms with E-state index in [2.05, 4.69) is 23.8 Å². The molecule has 0 amide bonds. The Bertz CT molecular complexity index is 481. The molecule has 0 unspecified atom stereocenters. The van der Waals surface area contributed by atoms with Crippen LogP contribution in [-0.4, -0.2) is 21.6 Å². The molecule has 2 heterocycles. The molecule has 80 valence electrons. The van der Waals surface area contributed by atoms with Gasteiger partial charge in [-0.1, -0.05) is 0 Å². The zero-order valence-corrected chi connectivity index (χ0v) is 11.0. The second-order valence-electron chi connectivity index (χ2n) is 3.18. The Labute approximate surface area is 102 Å². The van der Waals surface area contributed by atoms with Crippen LogP contribution in [0.4, 0.5) is 0 Å². The van der Waals surface area contributed by atoms with E-state index in [4.69, 9.17) is 11.6 Å². The summed E-state index contributed by atoms with van der Waals surface area (Å²) in [6.45, 7) is 4.25. The van der Waals surface area contributed by atoms with E-state index >= 15 is 0 Å². The Balaban J connectivity index is 2.53. The summed E-state index contributed by atoms with van der Waals surface area (Å²) in [7, 11) is 0. The van der Waals surface area contributed by atoms with Crippen LogP contribution in [0.25, 0.3) is 10.2 Å². The third-order valence-electron chi connectivity index (χ3n) is 2.25. The van der Waals surface area contributed by atoms with Gasteiger partial charge in [0.15, 0.2) is 0 Å². The van der Waals surface area contributed by atoms with E-state index in [-0.39, 0.29) is 0 Å². The van der Waals surface area contributed by atoms with Crippen molar-refractivity contribution < 1.29 is 0 Å². The van der Waals surface area contributed by atoms with Gasteiger partial charge in [-0.3, -0.25) is 0 Å². The first-order valence-electron chi connectivity index (χ1n) is 4.63. The third kappa shape index (κ3) is 2.12. The van der Waals surface area contributed by atoms with Crippen molar-refractivity contribution >= 4 is 44.9 Å². The fourth-order valence-corrected chi connectivity index (χ4v) is 3.47. The van der Waals surface area contributed by atoms with Crippen LogP contribution in [0.15, 0.2) is 11.4 Å². The monoisotopic (exact) mass is 258 g/mol. The van der Waals surface area contributed by atoms with Crippen molar-refractivity contribution in [1.82, 2.24) is 9.97 Å². The molecule has 0 aliphatic rings. The van der Waals surface area contributed by atoms with Gasteiger partial charge in [-0.2, -0.15) is 0 Å². The Morgan fingerprint density at radius 1 is 1.40 bits per heavy atom. The number of aromatic nitrogens is 2. The number of alkyl halides is 1. The Kier molecular flexibility index (Phi) is 3.49. The standard InChI is InChI=1S/C10H11ClN2S2/c1-6-7(2)15-10-8(6)9(12-5-13-10)14-4-3-11/h5H,3-4H2,1-2H3. The molecular formula is C10H11ClN2S2. The van der Waals surface area contributed by atoms with E-state index in [0.717, 1.165) is 15.6 Å². The molecule has 2 nitrogen and oxygen atoms in total. The molecule has 0 aromatic carbocycles. The molecule has 0 atom stereocenters. The van der Waals surface area contributed by atoms with E-state index in [9.17, 15) is 0 Å². The molecule has 15 heavy (non-hydrogen) atoms. The van der Waals surface area contributed by atoms with Crippen molar-refractivity contribution in [2.24, 2.45) is 0 Å². The predicted octanol–water partition coefficient (Wildman–Crippen LogP) is 3.64. The van der Waals surface area contributed by atoms with Crippen LogP contribution in [0, 0.1) is 13.8 Å². The molecule has 0 N–H and O–H groups in total. The van der Waals surface area contributed by atoms with Crippen molar-refractivity contribution in [3.8, 4) is 0 Å². The number of hydrogen-bond acceptors (Lipinski definition) is 4. The van der Waals surface area contributed by atoms with Crippen LogP contribution in [0.2, 0.25) is 0 Å². The highest BCUT2D eigenvalue weighted by Gasteiger charge is 2.11. The minimum Gasteiger partial charge on any atom is -0.229 e. The summed E-state index contributed by atoms with van der Waals surface area (Å²) in [6, 6.07) is 0. The van der Waals surface area contributed by atoms with E-state index < -0.39 is 0 Å². The summed E-state index contributed by atoms with van der Waals surface area (Å²) >= 11 is 9.12. The number of halogens is 1. The molecule has 2 rings (SSSR count). The van der Waals surface area contributed by atoms with Gasteiger partial charge in [0, 0.05) is 21.9 Å². The van der Waals surface area contributed by atoms with Gasteiger partial charge in [-0.25, -0.2) is 9.97 Å². The molecule has 5 heteroatoms. The fourth-order valence-electron chi connectivity index (χ4n) is 1.39. The fraction of sp³-hybridized carbons (Fsp3) is 0.400.